The zero-order valence-electron chi connectivity index (χ0n) is 28.2. The van der Waals surface area contributed by atoms with Crippen LogP contribution in [-0.4, -0.2) is 20.8 Å². The van der Waals surface area contributed by atoms with Gasteiger partial charge in [-0.05, 0) is 67.6 Å². The van der Waals surface area contributed by atoms with E-state index >= 15 is 0 Å². The molecule has 7 aromatic rings. The summed E-state index contributed by atoms with van der Waals surface area (Å²) < 4.78 is 2.29. The number of aryl methyl sites for hydroxylation is 4. The molecule has 6 aromatic carbocycles. The number of nitro groups is 1. The molecule has 1 aromatic heterocycles. The largest absolute Gasteiger partial charge is 0.298 e. The van der Waals surface area contributed by atoms with Crippen molar-refractivity contribution in [1.82, 2.24) is 9.55 Å². The molecule has 0 saturated heterocycles. The summed E-state index contributed by atoms with van der Waals surface area (Å²) in [5.74, 6) is 0.990. The lowest BCUT2D eigenvalue weighted by molar-refractivity contribution is -0.385. The number of rotatable bonds is 6. The molecule has 0 N–H and O–H groups in total. The minimum Gasteiger partial charge on any atom is -0.298 e. The van der Waals surface area contributed by atoms with Crippen LogP contribution in [0, 0.1) is 37.8 Å². The maximum atomic E-state index is 11.0. The molecule has 0 aliphatic heterocycles. The van der Waals surface area contributed by atoms with Crippen LogP contribution in [0.15, 0.2) is 146 Å². The molecule has 1 heterocycles. The quantitative estimate of drug-likeness (QED) is 0.102. The Kier molecular flexibility index (Phi) is 11.2. The first-order valence-corrected chi connectivity index (χ1v) is 16.2. The maximum Gasteiger partial charge on any atom is 0.272 e. The molecule has 0 bridgehead atoms. The first-order chi connectivity index (χ1) is 23.8. The van der Waals surface area contributed by atoms with Crippen molar-refractivity contribution in [3.8, 4) is 17.1 Å². The number of benzene rings is 6. The first kappa shape index (κ1) is 34.2. The molecule has 0 aliphatic rings. The topological polar surface area (TPSA) is 78.0 Å². The fourth-order valence-corrected chi connectivity index (χ4v) is 5.88. The summed E-state index contributed by atoms with van der Waals surface area (Å²) in [5.41, 5.74) is 12.2. The van der Waals surface area contributed by atoms with Gasteiger partial charge >= 0.3 is 0 Å². The summed E-state index contributed by atoms with van der Waals surface area (Å²) in [7, 11) is 0. The summed E-state index contributed by atoms with van der Waals surface area (Å²) in [6.07, 6.45) is 1.44. The fourth-order valence-electron chi connectivity index (χ4n) is 5.88. The van der Waals surface area contributed by atoms with Gasteiger partial charge in [0.05, 0.1) is 21.6 Å². The Labute approximate surface area is 287 Å². The number of carbonyl (C=O) groups is 1. The highest BCUT2D eigenvalue weighted by atomic mass is 16.6. The summed E-state index contributed by atoms with van der Waals surface area (Å²) >= 11 is 0. The van der Waals surface area contributed by atoms with Gasteiger partial charge in [0.2, 0.25) is 0 Å². The second-order valence-electron chi connectivity index (χ2n) is 11.8. The van der Waals surface area contributed by atoms with Crippen LogP contribution in [0.2, 0.25) is 0 Å². The smallest absolute Gasteiger partial charge is 0.272 e. The fraction of sp³-hybridized carbons (Fsp3) is 0.116. The third kappa shape index (κ3) is 8.24. The monoisotopic (exact) mass is 645 g/mol. The average Bonchev–Trinajstić information content (AvgIpc) is 3.50. The van der Waals surface area contributed by atoms with E-state index in [1.54, 1.807) is 24.3 Å². The van der Waals surface area contributed by atoms with Crippen molar-refractivity contribution in [2.75, 3.05) is 0 Å². The molecular weight excluding hydrogens is 606 g/mol. The molecule has 6 nitrogen and oxygen atoms in total. The van der Waals surface area contributed by atoms with Crippen LogP contribution in [0.1, 0.15) is 43.7 Å². The van der Waals surface area contributed by atoms with Gasteiger partial charge in [0.15, 0.2) is 0 Å². The minimum absolute atomic E-state index is 0.195. The second-order valence-corrected chi connectivity index (χ2v) is 11.8. The highest BCUT2D eigenvalue weighted by Gasteiger charge is 2.17. The van der Waals surface area contributed by atoms with E-state index in [9.17, 15) is 14.9 Å². The van der Waals surface area contributed by atoms with E-state index in [-0.39, 0.29) is 10.6 Å². The molecule has 0 radical (unpaired) electrons. The molecule has 244 valence electrons. The van der Waals surface area contributed by atoms with Gasteiger partial charge in [0.25, 0.3) is 5.69 Å². The Bertz CT molecular complexity index is 2150. The predicted molar refractivity (Wildman–Crippen MR) is 200 cm³/mol. The molecule has 49 heavy (non-hydrogen) atoms. The number of aldehydes is 1. The number of imidazole rings is 1. The highest BCUT2D eigenvalue weighted by molar-refractivity contribution is 5.84. The summed E-state index contributed by atoms with van der Waals surface area (Å²) in [4.78, 5) is 25.6. The molecule has 0 fully saturated rings. The van der Waals surface area contributed by atoms with Gasteiger partial charge in [0, 0.05) is 29.2 Å². The van der Waals surface area contributed by atoms with Crippen LogP contribution in [0.25, 0.3) is 28.1 Å². The van der Waals surface area contributed by atoms with Crippen molar-refractivity contribution in [3.63, 3.8) is 0 Å². The van der Waals surface area contributed by atoms with Crippen LogP contribution in [0.3, 0.4) is 0 Å². The van der Waals surface area contributed by atoms with E-state index < -0.39 is 0 Å². The third-order valence-electron chi connectivity index (χ3n) is 8.39. The van der Waals surface area contributed by atoms with E-state index in [1.165, 1.54) is 33.5 Å². The number of fused-ring (bicyclic) bond motifs is 1. The number of hydrogen-bond donors (Lipinski definition) is 0. The van der Waals surface area contributed by atoms with Crippen molar-refractivity contribution in [1.29, 1.82) is 0 Å². The minimum atomic E-state index is -0.317. The molecule has 0 unspecified atom stereocenters. The standard InChI is InChI=1S/C21H18N2.C15H15NO2.C7H6O/c1-15-9-8-10-16(2)20(15)23-19-14-7-6-13-18(19)22-21(23)17-11-4-3-5-12-17;1-11-6-5-7-12(2)14(11)10-13-8-3-4-9-15(13)16(17)18;8-6-7-4-2-1-3-5-7/h3-14H,1-2H3;3-9H,10H2,1-2H3;1-6H. The summed E-state index contributed by atoms with van der Waals surface area (Å²) in [5, 5.41) is 11.0. The van der Waals surface area contributed by atoms with Crippen LogP contribution >= 0.6 is 0 Å². The first-order valence-electron chi connectivity index (χ1n) is 16.2. The van der Waals surface area contributed by atoms with Gasteiger partial charge in [-0.25, -0.2) is 4.98 Å². The average molecular weight is 646 g/mol. The van der Waals surface area contributed by atoms with Crippen molar-refractivity contribution in [3.05, 3.63) is 195 Å². The van der Waals surface area contributed by atoms with E-state index in [4.69, 9.17) is 4.98 Å². The SMILES string of the molecule is Cc1cccc(C)c1-n1c(-c2ccccc2)nc2ccccc21.Cc1cccc(C)c1Cc1ccccc1[N+](=O)[O-].O=Cc1ccccc1. The third-order valence-corrected chi connectivity index (χ3v) is 8.39. The molecule has 0 atom stereocenters. The lowest BCUT2D eigenvalue weighted by Gasteiger charge is -2.15. The molecular formula is C43H39N3O3. The Balaban J connectivity index is 0.000000160. The number of para-hydroxylation sites is 4. The summed E-state index contributed by atoms with van der Waals surface area (Å²) in [6, 6.07) is 47.2. The Hall–Kier alpha value is -6.14. The Morgan fingerprint density at radius 3 is 1.76 bits per heavy atom. The number of nitrogens with zero attached hydrogens (tertiary/aromatic N) is 3. The van der Waals surface area contributed by atoms with E-state index in [0.29, 0.717) is 6.42 Å². The Morgan fingerprint density at radius 1 is 0.633 bits per heavy atom. The van der Waals surface area contributed by atoms with Crippen molar-refractivity contribution in [2.24, 2.45) is 0 Å². The van der Waals surface area contributed by atoms with Gasteiger partial charge in [0.1, 0.15) is 12.1 Å². The predicted octanol–water partition coefficient (Wildman–Crippen LogP) is 10.6. The van der Waals surface area contributed by atoms with Gasteiger partial charge < -0.3 is 0 Å². The molecule has 0 aliphatic carbocycles. The van der Waals surface area contributed by atoms with Gasteiger partial charge in [-0.2, -0.15) is 0 Å². The van der Waals surface area contributed by atoms with Crippen LogP contribution in [0.4, 0.5) is 5.69 Å². The lowest BCUT2D eigenvalue weighted by atomic mass is 9.95. The highest BCUT2D eigenvalue weighted by Crippen LogP contribution is 2.31. The maximum absolute atomic E-state index is 11.0. The molecule has 6 heteroatoms. The van der Waals surface area contributed by atoms with Crippen molar-refractivity contribution >= 4 is 23.0 Å². The van der Waals surface area contributed by atoms with E-state index in [1.807, 2.05) is 74.5 Å². The molecule has 0 saturated carbocycles. The number of aromatic nitrogens is 2. The van der Waals surface area contributed by atoms with Crippen LogP contribution in [0.5, 0.6) is 0 Å². The van der Waals surface area contributed by atoms with Crippen LogP contribution < -0.4 is 0 Å². The zero-order chi connectivity index (χ0) is 34.8. The van der Waals surface area contributed by atoms with Crippen molar-refractivity contribution in [2.45, 2.75) is 34.1 Å². The number of carbonyl (C=O) groups excluding carboxylic acids is 1. The van der Waals surface area contributed by atoms with E-state index in [2.05, 4.69) is 79.1 Å². The van der Waals surface area contributed by atoms with E-state index in [0.717, 1.165) is 39.8 Å². The van der Waals surface area contributed by atoms with Gasteiger partial charge in [-0.1, -0.05) is 127 Å². The second kappa shape index (κ2) is 16.1. The zero-order valence-corrected chi connectivity index (χ0v) is 28.2. The number of nitro benzene ring substituents is 1. The van der Waals surface area contributed by atoms with Crippen molar-refractivity contribution < 1.29 is 9.72 Å². The summed E-state index contributed by atoms with van der Waals surface area (Å²) in [6.45, 7) is 8.39. The lowest BCUT2D eigenvalue weighted by Crippen LogP contribution is -2.02. The normalized spacial score (nSPS) is 10.4. The van der Waals surface area contributed by atoms with Gasteiger partial charge in [-0.3, -0.25) is 19.5 Å². The Morgan fingerprint density at radius 2 is 1.16 bits per heavy atom. The molecule has 7 rings (SSSR count). The van der Waals surface area contributed by atoms with Gasteiger partial charge in [-0.15, -0.1) is 0 Å². The van der Waals surface area contributed by atoms with Crippen LogP contribution in [-0.2, 0) is 6.42 Å². The molecule has 0 amide bonds. The molecule has 0 spiro atoms. The number of hydrogen-bond acceptors (Lipinski definition) is 4.